The molecule has 0 radical (unpaired) electrons. The smallest absolute Gasteiger partial charge is 0.153 e. The highest BCUT2D eigenvalue weighted by Crippen LogP contribution is 2.06. The van der Waals surface area contributed by atoms with Crippen molar-refractivity contribution < 1.29 is 13.2 Å². The number of rotatable bonds is 8. The Morgan fingerprint density at radius 3 is 2.58 bits per heavy atom. The first-order valence-electron chi connectivity index (χ1n) is 6.44. The van der Waals surface area contributed by atoms with Crippen LogP contribution in [-0.4, -0.2) is 33.1 Å². The maximum absolute atomic E-state index is 11.6. The van der Waals surface area contributed by atoms with E-state index in [1.165, 1.54) is 0 Å². The van der Waals surface area contributed by atoms with Crippen LogP contribution in [0.25, 0.3) is 0 Å². The number of sulfone groups is 1. The number of methoxy groups -OCH3 is 1. The minimum atomic E-state index is -2.95. The van der Waals surface area contributed by atoms with Crippen LogP contribution in [0.5, 0.6) is 0 Å². The Balaban J connectivity index is 2.39. The third-order valence-corrected chi connectivity index (χ3v) is 5.12. The van der Waals surface area contributed by atoms with Crippen LogP contribution < -0.4 is 5.32 Å². The summed E-state index contributed by atoms with van der Waals surface area (Å²) in [6.07, 6.45) is 0. The van der Waals surface area contributed by atoms with E-state index in [-0.39, 0.29) is 11.0 Å². The monoisotopic (exact) mass is 285 g/mol. The zero-order valence-corrected chi connectivity index (χ0v) is 12.7. The van der Waals surface area contributed by atoms with Crippen LogP contribution in [0.15, 0.2) is 24.3 Å². The van der Waals surface area contributed by atoms with Crippen molar-refractivity contribution in [1.82, 2.24) is 5.32 Å². The molecule has 1 aromatic carbocycles. The second-order valence-electron chi connectivity index (χ2n) is 4.85. The first-order valence-corrected chi connectivity index (χ1v) is 8.16. The van der Waals surface area contributed by atoms with Crippen molar-refractivity contribution in [2.24, 2.45) is 0 Å². The summed E-state index contributed by atoms with van der Waals surface area (Å²) in [6, 6.07) is 8.07. The Morgan fingerprint density at radius 1 is 1.26 bits per heavy atom. The quantitative estimate of drug-likeness (QED) is 0.739. The van der Waals surface area contributed by atoms with Crippen LogP contribution in [0.3, 0.4) is 0 Å². The molecule has 0 unspecified atom stereocenters. The van der Waals surface area contributed by atoms with Gasteiger partial charge in [0.2, 0.25) is 0 Å². The van der Waals surface area contributed by atoms with Crippen LogP contribution >= 0.6 is 0 Å². The van der Waals surface area contributed by atoms with E-state index < -0.39 is 9.84 Å². The molecule has 0 bridgehead atoms. The van der Waals surface area contributed by atoms with Gasteiger partial charge in [-0.15, -0.1) is 0 Å². The van der Waals surface area contributed by atoms with E-state index in [4.69, 9.17) is 4.74 Å². The molecule has 0 amide bonds. The first-order chi connectivity index (χ1) is 8.95. The van der Waals surface area contributed by atoms with E-state index in [9.17, 15) is 8.42 Å². The van der Waals surface area contributed by atoms with E-state index >= 15 is 0 Å². The molecule has 0 aliphatic rings. The fourth-order valence-electron chi connectivity index (χ4n) is 1.68. The summed E-state index contributed by atoms with van der Waals surface area (Å²) in [7, 11) is -1.28. The summed E-state index contributed by atoms with van der Waals surface area (Å²) in [6.45, 7) is 5.17. The van der Waals surface area contributed by atoms with Crippen molar-refractivity contribution >= 4 is 9.84 Å². The lowest BCUT2D eigenvalue weighted by atomic mass is 10.1. The molecule has 1 rings (SSSR count). The average Bonchev–Trinajstić information content (AvgIpc) is 2.35. The Kier molecular flexibility index (Phi) is 6.48. The molecule has 0 aliphatic heterocycles. The van der Waals surface area contributed by atoms with Gasteiger partial charge in [-0.2, -0.15) is 0 Å². The highest BCUT2D eigenvalue weighted by molar-refractivity contribution is 7.92. The zero-order valence-electron chi connectivity index (χ0n) is 11.8. The minimum absolute atomic E-state index is 0.183. The van der Waals surface area contributed by atoms with Crippen molar-refractivity contribution in [1.29, 1.82) is 0 Å². The SMILES string of the molecule is COCc1cccc(CNCCS(=O)(=O)C(C)C)c1. The van der Waals surface area contributed by atoms with Gasteiger partial charge in [0.15, 0.2) is 9.84 Å². The molecule has 5 heteroatoms. The lowest BCUT2D eigenvalue weighted by Gasteiger charge is -2.09. The van der Waals surface area contributed by atoms with Gasteiger partial charge >= 0.3 is 0 Å². The summed E-state index contributed by atoms with van der Waals surface area (Å²) in [4.78, 5) is 0. The van der Waals surface area contributed by atoms with Crippen LogP contribution in [0, 0.1) is 0 Å². The van der Waals surface area contributed by atoms with Gasteiger partial charge < -0.3 is 10.1 Å². The molecule has 0 spiro atoms. The summed E-state index contributed by atoms with van der Waals surface area (Å²) >= 11 is 0. The first kappa shape index (κ1) is 16.1. The molecular formula is C14H23NO3S. The van der Waals surface area contributed by atoms with Crippen molar-refractivity contribution in [2.75, 3.05) is 19.4 Å². The van der Waals surface area contributed by atoms with E-state index in [1.807, 2.05) is 18.2 Å². The predicted molar refractivity (Wildman–Crippen MR) is 77.8 cm³/mol. The fraction of sp³-hybridized carbons (Fsp3) is 0.571. The Hall–Kier alpha value is -0.910. The van der Waals surface area contributed by atoms with Crippen LogP contribution in [0.1, 0.15) is 25.0 Å². The van der Waals surface area contributed by atoms with Gasteiger partial charge in [0.25, 0.3) is 0 Å². The molecule has 0 saturated carbocycles. The average molecular weight is 285 g/mol. The van der Waals surface area contributed by atoms with Crippen molar-refractivity contribution in [3.05, 3.63) is 35.4 Å². The molecule has 1 aromatic rings. The van der Waals surface area contributed by atoms with Crippen LogP contribution in [-0.2, 0) is 27.7 Å². The minimum Gasteiger partial charge on any atom is -0.380 e. The number of hydrogen-bond acceptors (Lipinski definition) is 4. The normalized spacial score (nSPS) is 12.0. The summed E-state index contributed by atoms with van der Waals surface area (Å²) in [5.74, 6) is 0.183. The maximum atomic E-state index is 11.6. The van der Waals surface area contributed by atoms with E-state index in [0.717, 1.165) is 11.1 Å². The van der Waals surface area contributed by atoms with E-state index in [1.54, 1.807) is 21.0 Å². The standard InChI is InChI=1S/C14H23NO3S/c1-12(2)19(16,17)8-7-15-10-13-5-4-6-14(9-13)11-18-3/h4-6,9,12,15H,7-8,10-11H2,1-3H3. The topological polar surface area (TPSA) is 55.4 Å². The second kappa shape index (κ2) is 7.62. The summed E-state index contributed by atoms with van der Waals surface area (Å²) in [5, 5.41) is 2.86. The maximum Gasteiger partial charge on any atom is 0.153 e. The summed E-state index contributed by atoms with van der Waals surface area (Å²) < 4.78 is 28.3. The Morgan fingerprint density at radius 2 is 1.95 bits per heavy atom. The molecule has 19 heavy (non-hydrogen) atoms. The molecule has 1 N–H and O–H groups in total. The molecule has 4 nitrogen and oxygen atoms in total. The summed E-state index contributed by atoms with van der Waals surface area (Å²) in [5.41, 5.74) is 2.26. The van der Waals surface area contributed by atoms with Crippen molar-refractivity contribution in [2.45, 2.75) is 32.2 Å². The van der Waals surface area contributed by atoms with Crippen molar-refractivity contribution in [3.8, 4) is 0 Å². The number of benzene rings is 1. The van der Waals surface area contributed by atoms with Gasteiger partial charge in [-0.25, -0.2) is 8.42 Å². The van der Waals surface area contributed by atoms with Gasteiger partial charge in [-0.05, 0) is 25.0 Å². The zero-order chi connectivity index (χ0) is 14.3. The lowest BCUT2D eigenvalue weighted by Crippen LogP contribution is -2.27. The van der Waals surface area contributed by atoms with Crippen molar-refractivity contribution in [3.63, 3.8) is 0 Å². The van der Waals surface area contributed by atoms with Gasteiger partial charge in [0.05, 0.1) is 17.6 Å². The van der Waals surface area contributed by atoms with Gasteiger partial charge in [-0.1, -0.05) is 24.3 Å². The Bertz CT molecular complexity index is 483. The molecule has 0 aromatic heterocycles. The van der Waals surface area contributed by atoms with Gasteiger partial charge in [0, 0.05) is 20.2 Å². The molecule has 0 fully saturated rings. The number of hydrogen-bond donors (Lipinski definition) is 1. The third kappa shape index (κ3) is 5.72. The molecule has 108 valence electrons. The number of ether oxygens (including phenoxy) is 1. The largest absolute Gasteiger partial charge is 0.380 e. The third-order valence-electron chi connectivity index (χ3n) is 2.91. The highest BCUT2D eigenvalue weighted by Gasteiger charge is 2.14. The second-order valence-corrected chi connectivity index (χ2v) is 7.52. The molecule has 0 aliphatic carbocycles. The lowest BCUT2D eigenvalue weighted by molar-refractivity contribution is 0.185. The van der Waals surface area contributed by atoms with Crippen LogP contribution in [0.2, 0.25) is 0 Å². The predicted octanol–water partition coefficient (Wildman–Crippen LogP) is 1.75. The van der Waals surface area contributed by atoms with Gasteiger partial charge in [0.1, 0.15) is 0 Å². The van der Waals surface area contributed by atoms with E-state index in [0.29, 0.717) is 19.7 Å². The molecule has 0 heterocycles. The Labute approximate surface area is 116 Å². The highest BCUT2D eigenvalue weighted by atomic mass is 32.2. The molecular weight excluding hydrogens is 262 g/mol. The molecule has 0 atom stereocenters. The number of nitrogens with one attached hydrogen (secondary N) is 1. The van der Waals surface area contributed by atoms with Gasteiger partial charge in [-0.3, -0.25) is 0 Å². The molecule has 0 saturated heterocycles. The van der Waals surface area contributed by atoms with E-state index in [2.05, 4.69) is 11.4 Å². The fourth-order valence-corrected chi connectivity index (χ4v) is 2.58. The van der Waals surface area contributed by atoms with Crippen LogP contribution in [0.4, 0.5) is 0 Å².